The number of nitriles is 1. The van der Waals surface area contributed by atoms with Crippen LogP contribution in [-0.2, 0) is 16.8 Å². The van der Waals surface area contributed by atoms with Crippen LogP contribution in [0, 0.1) is 11.3 Å². The number of benzene rings is 4. The summed E-state index contributed by atoms with van der Waals surface area (Å²) in [6, 6.07) is 29.4. The largest absolute Gasteiger partial charge is 0.457 e. The van der Waals surface area contributed by atoms with Crippen molar-refractivity contribution in [2.24, 2.45) is 0 Å². The Bertz CT molecular complexity index is 1580. The molecule has 0 aromatic heterocycles. The molecule has 7 heteroatoms. The van der Waals surface area contributed by atoms with E-state index < -0.39 is 17.8 Å². The predicted molar refractivity (Wildman–Crippen MR) is 154 cm³/mol. The van der Waals surface area contributed by atoms with Crippen LogP contribution in [0.1, 0.15) is 68.5 Å². The lowest BCUT2D eigenvalue weighted by molar-refractivity contribution is 0.0472. The van der Waals surface area contributed by atoms with Gasteiger partial charge in [-0.3, -0.25) is 9.59 Å². The highest BCUT2D eigenvalue weighted by molar-refractivity contribution is 6.10. The van der Waals surface area contributed by atoms with Gasteiger partial charge in [0.2, 0.25) is 0 Å². The van der Waals surface area contributed by atoms with Crippen molar-refractivity contribution in [1.29, 1.82) is 5.26 Å². The minimum Gasteiger partial charge on any atom is -0.457 e. The normalized spacial score (nSPS) is 10.8. The highest BCUT2D eigenvalue weighted by Gasteiger charge is 2.18. The minimum absolute atomic E-state index is 0.0657. The van der Waals surface area contributed by atoms with Gasteiger partial charge in [0.25, 0.3) is 11.8 Å². The molecule has 0 fully saturated rings. The third-order valence-electron chi connectivity index (χ3n) is 6.23. The van der Waals surface area contributed by atoms with Crippen molar-refractivity contribution in [1.82, 2.24) is 0 Å². The lowest BCUT2D eigenvalue weighted by Crippen LogP contribution is -2.18. The van der Waals surface area contributed by atoms with Crippen LogP contribution >= 0.6 is 0 Å². The number of carbonyl (C=O) groups excluding carboxylic acids is 3. The van der Waals surface area contributed by atoms with Gasteiger partial charge in [0.15, 0.2) is 0 Å². The van der Waals surface area contributed by atoms with Gasteiger partial charge in [0, 0.05) is 11.1 Å². The zero-order chi connectivity index (χ0) is 28.7. The van der Waals surface area contributed by atoms with Gasteiger partial charge in [-0.25, -0.2) is 4.79 Å². The number of rotatable bonds is 7. The molecule has 40 heavy (non-hydrogen) atoms. The van der Waals surface area contributed by atoms with Crippen LogP contribution in [0.3, 0.4) is 0 Å². The molecule has 0 aliphatic carbocycles. The molecule has 0 saturated heterocycles. The van der Waals surface area contributed by atoms with Crippen molar-refractivity contribution in [2.75, 3.05) is 10.6 Å². The molecule has 0 heterocycles. The number of nitrogens with one attached hydrogen (secondary N) is 2. The molecule has 0 radical (unpaired) electrons. The number of carbonyl (C=O) groups is 3. The SMILES string of the molecule is CC(C)(C)c1ccc(C(=O)Nc2cc(C(=O)OCc3ccccc3)ccc2NC(=O)c2cccc(C#N)c2)cc1. The monoisotopic (exact) mass is 531 g/mol. The van der Waals surface area contributed by atoms with E-state index >= 15 is 0 Å². The molecule has 0 aliphatic rings. The second kappa shape index (κ2) is 12.1. The van der Waals surface area contributed by atoms with Crippen molar-refractivity contribution in [2.45, 2.75) is 32.8 Å². The van der Waals surface area contributed by atoms with E-state index in [2.05, 4.69) is 31.4 Å². The van der Waals surface area contributed by atoms with E-state index in [-0.39, 0.29) is 34.5 Å². The number of amides is 2. The third-order valence-corrected chi connectivity index (χ3v) is 6.23. The standard InChI is InChI=1S/C33H29N3O4/c1-33(2,3)27-15-12-24(13-16-27)30(37)36-29-19-26(32(39)40-21-22-8-5-4-6-9-22)14-17-28(29)35-31(38)25-11-7-10-23(18-25)20-34/h4-19H,21H2,1-3H3,(H,35,38)(H,36,37). The maximum atomic E-state index is 13.2. The molecule has 2 N–H and O–H groups in total. The van der Waals surface area contributed by atoms with Gasteiger partial charge < -0.3 is 15.4 Å². The number of hydrogen-bond acceptors (Lipinski definition) is 5. The maximum Gasteiger partial charge on any atom is 0.338 e. The molecular weight excluding hydrogens is 502 g/mol. The molecular formula is C33H29N3O4. The van der Waals surface area contributed by atoms with Crippen LogP contribution in [-0.4, -0.2) is 17.8 Å². The zero-order valence-corrected chi connectivity index (χ0v) is 22.5. The molecule has 0 saturated carbocycles. The third kappa shape index (κ3) is 7.00. The van der Waals surface area contributed by atoms with Crippen LogP contribution in [0.15, 0.2) is 97.1 Å². The van der Waals surface area contributed by atoms with Crippen molar-refractivity contribution >= 4 is 29.2 Å². The van der Waals surface area contributed by atoms with E-state index in [9.17, 15) is 19.6 Å². The first-order chi connectivity index (χ1) is 19.1. The number of anilines is 2. The molecule has 4 aromatic carbocycles. The first-order valence-corrected chi connectivity index (χ1v) is 12.7. The Morgan fingerprint density at radius 1 is 0.725 bits per heavy atom. The summed E-state index contributed by atoms with van der Waals surface area (Å²) in [7, 11) is 0. The van der Waals surface area contributed by atoms with E-state index in [4.69, 9.17) is 4.74 Å². The summed E-state index contributed by atoms with van der Waals surface area (Å²) < 4.78 is 5.45. The molecule has 0 spiro atoms. The molecule has 0 atom stereocenters. The summed E-state index contributed by atoms with van der Waals surface area (Å²) in [6.07, 6.45) is 0. The van der Waals surface area contributed by atoms with Crippen LogP contribution in [0.2, 0.25) is 0 Å². The lowest BCUT2D eigenvalue weighted by atomic mass is 9.87. The molecule has 200 valence electrons. The summed E-state index contributed by atoms with van der Waals surface area (Å²) in [5.41, 5.74) is 3.62. The average molecular weight is 532 g/mol. The Balaban J connectivity index is 1.60. The van der Waals surface area contributed by atoms with Crippen LogP contribution in [0.5, 0.6) is 0 Å². The summed E-state index contributed by atoms with van der Waals surface area (Å²) >= 11 is 0. The van der Waals surface area contributed by atoms with E-state index in [0.717, 1.165) is 11.1 Å². The Kier molecular flexibility index (Phi) is 8.41. The van der Waals surface area contributed by atoms with Gasteiger partial charge in [0.1, 0.15) is 6.61 Å². The molecule has 4 aromatic rings. The van der Waals surface area contributed by atoms with E-state index in [1.54, 1.807) is 30.3 Å². The van der Waals surface area contributed by atoms with Crippen molar-refractivity contribution in [3.8, 4) is 6.07 Å². The fourth-order valence-electron chi connectivity index (χ4n) is 3.93. The van der Waals surface area contributed by atoms with Gasteiger partial charge >= 0.3 is 5.97 Å². The number of hydrogen-bond donors (Lipinski definition) is 2. The average Bonchev–Trinajstić information content (AvgIpc) is 2.96. The highest BCUT2D eigenvalue weighted by atomic mass is 16.5. The molecule has 2 amide bonds. The van der Waals surface area contributed by atoms with E-state index in [1.807, 2.05) is 48.5 Å². The highest BCUT2D eigenvalue weighted by Crippen LogP contribution is 2.27. The number of ether oxygens (including phenoxy) is 1. The van der Waals surface area contributed by atoms with Crippen LogP contribution in [0.4, 0.5) is 11.4 Å². The second-order valence-corrected chi connectivity index (χ2v) is 10.3. The smallest absolute Gasteiger partial charge is 0.338 e. The first-order valence-electron chi connectivity index (χ1n) is 12.7. The zero-order valence-electron chi connectivity index (χ0n) is 22.5. The Labute approximate surface area is 233 Å². The molecule has 0 aliphatic heterocycles. The Morgan fingerprint density at radius 2 is 1.38 bits per heavy atom. The maximum absolute atomic E-state index is 13.2. The first kappa shape index (κ1) is 27.8. The Hall–Kier alpha value is -5.22. The van der Waals surface area contributed by atoms with E-state index in [0.29, 0.717) is 11.1 Å². The van der Waals surface area contributed by atoms with Crippen molar-refractivity contribution < 1.29 is 19.1 Å². The van der Waals surface area contributed by atoms with Crippen LogP contribution < -0.4 is 10.6 Å². The van der Waals surface area contributed by atoms with Gasteiger partial charge in [-0.15, -0.1) is 0 Å². The van der Waals surface area contributed by atoms with Crippen LogP contribution in [0.25, 0.3) is 0 Å². The second-order valence-electron chi connectivity index (χ2n) is 10.3. The summed E-state index contributed by atoms with van der Waals surface area (Å²) in [5.74, 6) is -1.45. The predicted octanol–water partition coefficient (Wildman–Crippen LogP) is 6.72. The van der Waals surface area contributed by atoms with Gasteiger partial charge in [0.05, 0.1) is 28.6 Å². The topological polar surface area (TPSA) is 108 Å². The summed E-state index contributed by atoms with van der Waals surface area (Å²) in [5, 5.41) is 14.8. The van der Waals surface area contributed by atoms with E-state index in [1.165, 1.54) is 24.3 Å². The Morgan fingerprint density at radius 3 is 2.05 bits per heavy atom. The molecule has 0 bridgehead atoms. The molecule has 4 rings (SSSR count). The van der Waals surface area contributed by atoms with Crippen molar-refractivity contribution in [3.63, 3.8) is 0 Å². The molecule has 7 nitrogen and oxygen atoms in total. The number of nitrogens with zero attached hydrogens (tertiary/aromatic N) is 1. The quantitative estimate of drug-likeness (QED) is 0.258. The van der Waals surface area contributed by atoms with Gasteiger partial charge in [-0.05, 0) is 65.1 Å². The van der Waals surface area contributed by atoms with Gasteiger partial charge in [-0.1, -0.05) is 69.3 Å². The summed E-state index contributed by atoms with van der Waals surface area (Å²) in [4.78, 5) is 39.0. The summed E-state index contributed by atoms with van der Waals surface area (Å²) in [6.45, 7) is 6.36. The lowest BCUT2D eigenvalue weighted by Gasteiger charge is -2.19. The minimum atomic E-state index is -0.575. The van der Waals surface area contributed by atoms with Crippen molar-refractivity contribution in [3.05, 3.63) is 130 Å². The molecule has 0 unspecified atom stereocenters. The number of esters is 1. The van der Waals surface area contributed by atoms with Gasteiger partial charge in [-0.2, -0.15) is 5.26 Å². The fraction of sp³-hybridized carbons (Fsp3) is 0.152. The fourth-order valence-corrected chi connectivity index (χ4v) is 3.93.